The first-order valence-corrected chi connectivity index (χ1v) is 10.8. The second kappa shape index (κ2) is 12.6. The normalized spacial score (nSPS) is 13.0. The number of para-hydroxylation sites is 1. The first-order chi connectivity index (χ1) is 13.6. The molecule has 0 heterocycles. The number of rotatable bonds is 10. The van der Waals surface area contributed by atoms with Crippen molar-refractivity contribution in [2.24, 2.45) is 5.73 Å². The van der Waals surface area contributed by atoms with E-state index in [0.717, 1.165) is 24.3 Å². The van der Waals surface area contributed by atoms with Crippen molar-refractivity contribution in [1.82, 2.24) is 0 Å². The van der Waals surface area contributed by atoms with E-state index < -0.39 is 13.5 Å². The van der Waals surface area contributed by atoms with Crippen molar-refractivity contribution in [3.05, 3.63) is 60.2 Å². The van der Waals surface area contributed by atoms with Gasteiger partial charge in [-0.15, -0.1) is 0 Å². The Morgan fingerprint density at radius 3 is 1.90 bits per heavy atom. The van der Waals surface area contributed by atoms with Crippen LogP contribution in [0.3, 0.4) is 0 Å². The molecule has 0 spiro atoms. The molecule has 0 aromatic heterocycles. The number of hydrogen-bond acceptors (Lipinski definition) is 5. The Labute approximate surface area is 171 Å². The summed E-state index contributed by atoms with van der Waals surface area (Å²) in [5.74, 6) is 1.70. The molecule has 2 rings (SSSR count). The zero-order valence-corrected chi connectivity index (χ0v) is 17.6. The molecule has 9 heteroatoms. The molecule has 0 saturated heterocycles. The van der Waals surface area contributed by atoms with E-state index in [2.05, 4.69) is 12.1 Å². The van der Waals surface area contributed by atoms with Crippen molar-refractivity contribution in [2.45, 2.75) is 32.4 Å². The van der Waals surface area contributed by atoms with E-state index in [9.17, 15) is 0 Å². The zero-order valence-electron chi connectivity index (χ0n) is 16.7. The van der Waals surface area contributed by atoms with Crippen LogP contribution in [0.2, 0.25) is 0 Å². The first-order valence-electron chi connectivity index (χ1n) is 9.20. The van der Waals surface area contributed by atoms with Gasteiger partial charge in [0.05, 0.1) is 0 Å². The van der Waals surface area contributed by atoms with Gasteiger partial charge < -0.3 is 34.6 Å². The van der Waals surface area contributed by atoms with Crippen molar-refractivity contribution in [2.75, 3.05) is 19.8 Å². The number of hydrogen-bond donors (Lipinski definition) is 4. The van der Waals surface area contributed by atoms with Gasteiger partial charge in [-0.05, 0) is 56.5 Å². The Morgan fingerprint density at radius 2 is 1.41 bits per heavy atom. The highest BCUT2D eigenvalue weighted by molar-refractivity contribution is 7.45. The lowest BCUT2D eigenvalue weighted by Gasteiger charge is -2.24. The maximum atomic E-state index is 8.88. The second-order valence-electron chi connectivity index (χ2n) is 6.41. The number of phosphoric acid groups is 1. The van der Waals surface area contributed by atoms with Crippen LogP contribution in [0, 0.1) is 0 Å². The third kappa shape index (κ3) is 13.8. The van der Waals surface area contributed by atoms with E-state index in [-0.39, 0.29) is 0 Å². The molecule has 1 unspecified atom stereocenters. The van der Waals surface area contributed by atoms with Crippen molar-refractivity contribution in [3.8, 4) is 11.5 Å². The number of benzene rings is 2. The van der Waals surface area contributed by atoms with Gasteiger partial charge in [0.2, 0.25) is 0 Å². The summed E-state index contributed by atoms with van der Waals surface area (Å²) in [6.45, 7) is 5.54. The topological polar surface area (TPSA) is 131 Å². The third-order valence-electron chi connectivity index (χ3n) is 3.67. The minimum atomic E-state index is -4.64. The van der Waals surface area contributed by atoms with Gasteiger partial charge in [0, 0.05) is 6.61 Å². The largest absolute Gasteiger partial charge is 0.490 e. The number of ether oxygens (including phenoxy) is 3. The maximum absolute atomic E-state index is 8.88. The second-order valence-corrected chi connectivity index (χ2v) is 7.44. The molecule has 0 saturated carbocycles. The fourth-order valence-corrected chi connectivity index (χ4v) is 2.38. The van der Waals surface area contributed by atoms with Crippen molar-refractivity contribution in [1.29, 1.82) is 0 Å². The average Bonchev–Trinajstić information content (AvgIpc) is 2.64. The van der Waals surface area contributed by atoms with E-state index in [1.54, 1.807) is 0 Å². The summed E-state index contributed by atoms with van der Waals surface area (Å²) in [5, 5.41) is 0. The highest BCUT2D eigenvalue weighted by atomic mass is 31.2. The summed E-state index contributed by atoms with van der Waals surface area (Å²) < 4.78 is 25.7. The molecule has 0 aliphatic carbocycles. The van der Waals surface area contributed by atoms with Crippen LogP contribution in [0.25, 0.3) is 0 Å². The molecule has 0 radical (unpaired) electrons. The van der Waals surface area contributed by atoms with Crippen LogP contribution in [-0.4, -0.2) is 40.2 Å². The fraction of sp³-hybridized carbons (Fsp3) is 0.400. The highest BCUT2D eigenvalue weighted by Gasteiger charge is 2.17. The summed E-state index contributed by atoms with van der Waals surface area (Å²) in [6, 6.07) is 17.8. The molecule has 5 N–H and O–H groups in total. The minimum Gasteiger partial charge on any atom is -0.490 e. The molecule has 0 fully saturated rings. The Morgan fingerprint density at radius 1 is 0.931 bits per heavy atom. The van der Waals surface area contributed by atoms with Gasteiger partial charge in [0.1, 0.15) is 30.4 Å². The molecule has 0 aliphatic heterocycles. The van der Waals surface area contributed by atoms with E-state index in [1.165, 1.54) is 5.56 Å². The molecule has 0 amide bonds. The molecule has 8 nitrogen and oxygen atoms in total. The van der Waals surface area contributed by atoms with Crippen molar-refractivity contribution in [3.63, 3.8) is 0 Å². The fourth-order valence-electron chi connectivity index (χ4n) is 2.38. The quantitative estimate of drug-likeness (QED) is 0.259. The Kier molecular flexibility index (Phi) is 10.9. The number of nitrogens with two attached hydrogens (primary N) is 1. The lowest BCUT2D eigenvalue weighted by atomic mass is 10.0. The predicted molar refractivity (Wildman–Crippen MR) is 111 cm³/mol. The average molecular weight is 427 g/mol. The standard InChI is InChI=1S/C20H27NO3.H3O4P/c1-3-24-20(2,21)14-13-17-9-11-19(12-10-17)23-16-15-22-18-7-5-4-6-8-18;1-5(2,3)4/h4-12H,3,13-16,21H2,1-2H3;(H3,1,2,3,4). The van der Waals surface area contributed by atoms with Crippen LogP contribution in [0.15, 0.2) is 54.6 Å². The van der Waals surface area contributed by atoms with Gasteiger partial charge in [0.15, 0.2) is 0 Å². The molecule has 29 heavy (non-hydrogen) atoms. The molecule has 2 aromatic carbocycles. The van der Waals surface area contributed by atoms with Gasteiger partial charge in [-0.3, -0.25) is 0 Å². The SMILES string of the molecule is CCOC(C)(N)CCc1ccc(OCCOc2ccccc2)cc1.O=P(O)(O)O. The van der Waals surface area contributed by atoms with Crippen molar-refractivity contribution >= 4 is 7.82 Å². The van der Waals surface area contributed by atoms with Gasteiger partial charge in [0.25, 0.3) is 0 Å². The Hall–Kier alpha value is -1.93. The Balaban J connectivity index is 0.000000749. The van der Waals surface area contributed by atoms with E-state index in [0.29, 0.717) is 19.8 Å². The van der Waals surface area contributed by atoms with Crippen LogP contribution < -0.4 is 15.2 Å². The van der Waals surface area contributed by atoms with Crippen LogP contribution in [-0.2, 0) is 15.7 Å². The van der Waals surface area contributed by atoms with Gasteiger partial charge in [-0.2, -0.15) is 0 Å². The van der Waals surface area contributed by atoms with Gasteiger partial charge >= 0.3 is 7.82 Å². The lowest BCUT2D eigenvalue weighted by Crippen LogP contribution is -2.39. The van der Waals surface area contributed by atoms with Crippen LogP contribution in [0.1, 0.15) is 25.8 Å². The first kappa shape index (κ1) is 25.1. The molecule has 0 bridgehead atoms. The maximum Gasteiger partial charge on any atom is 0.466 e. The molecule has 1 atom stereocenters. The molecule has 0 aliphatic rings. The van der Waals surface area contributed by atoms with E-state index >= 15 is 0 Å². The molecular formula is C20H30NO7P. The molecule has 162 valence electrons. The zero-order chi connectivity index (χ0) is 21.8. The summed E-state index contributed by atoms with van der Waals surface area (Å²) in [5.41, 5.74) is 6.72. The van der Waals surface area contributed by atoms with Gasteiger partial charge in [-0.25, -0.2) is 4.57 Å². The van der Waals surface area contributed by atoms with Gasteiger partial charge in [-0.1, -0.05) is 30.3 Å². The lowest BCUT2D eigenvalue weighted by molar-refractivity contribution is -0.0258. The monoisotopic (exact) mass is 427 g/mol. The van der Waals surface area contributed by atoms with E-state index in [1.807, 2.05) is 56.3 Å². The van der Waals surface area contributed by atoms with Crippen LogP contribution >= 0.6 is 7.82 Å². The summed E-state index contributed by atoms with van der Waals surface area (Å²) >= 11 is 0. The predicted octanol–water partition coefficient (Wildman–Crippen LogP) is 2.86. The Bertz CT molecular complexity index is 724. The third-order valence-corrected chi connectivity index (χ3v) is 3.67. The molecular weight excluding hydrogens is 397 g/mol. The van der Waals surface area contributed by atoms with Crippen LogP contribution in [0.4, 0.5) is 0 Å². The minimum absolute atomic E-state index is 0.513. The summed E-state index contributed by atoms with van der Waals surface area (Å²) in [7, 11) is -4.64. The molecule has 2 aromatic rings. The number of aryl methyl sites for hydroxylation is 1. The van der Waals surface area contributed by atoms with Crippen molar-refractivity contribution < 1.29 is 33.5 Å². The van der Waals surface area contributed by atoms with E-state index in [4.69, 9.17) is 39.2 Å². The summed E-state index contributed by atoms with van der Waals surface area (Å²) in [4.78, 5) is 21.6. The smallest absolute Gasteiger partial charge is 0.466 e. The summed E-state index contributed by atoms with van der Waals surface area (Å²) in [6.07, 6.45) is 1.66. The highest BCUT2D eigenvalue weighted by Crippen LogP contribution is 2.25. The van der Waals surface area contributed by atoms with Crippen LogP contribution in [0.5, 0.6) is 11.5 Å².